The lowest BCUT2D eigenvalue weighted by atomic mass is 10.2. The van der Waals surface area contributed by atoms with Crippen molar-refractivity contribution >= 4 is 32.6 Å². The summed E-state index contributed by atoms with van der Waals surface area (Å²) in [6.07, 6.45) is 0. The van der Waals surface area contributed by atoms with Crippen LogP contribution in [0.5, 0.6) is 0 Å². The molecule has 0 saturated heterocycles. The molecule has 2 aromatic carbocycles. The van der Waals surface area contributed by atoms with Crippen LogP contribution in [0.4, 0.5) is 5.69 Å². The largest absolute Gasteiger partial charge is 0.333 e. The normalized spacial score (nSPS) is 15.6. The highest BCUT2D eigenvalue weighted by Crippen LogP contribution is 2.31. The molecule has 1 N–H and O–H groups in total. The van der Waals surface area contributed by atoms with E-state index in [0.717, 1.165) is 11.1 Å². The molecule has 0 atom stereocenters. The van der Waals surface area contributed by atoms with Gasteiger partial charge in [0.2, 0.25) is 0 Å². The van der Waals surface area contributed by atoms with Gasteiger partial charge >= 0.3 is 0 Å². The molecule has 0 fully saturated rings. The lowest BCUT2D eigenvalue weighted by Crippen LogP contribution is -2.19. The minimum atomic E-state index is -3.62. The number of benzene rings is 2. The molecule has 22 heavy (non-hydrogen) atoms. The quantitative estimate of drug-likeness (QED) is 0.911. The zero-order valence-corrected chi connectivity index (χ0v) is 14.0. The maximum Gasteiger partial charge on any atom is 0.286 e. The van der Waals surface area contributed by atoms with Crippen LogP contribution in [0, 0.1) is 13.8 Å². The standard InChI is InChI=1S/C16H16N2O2S2/c1-11-4-3-5-13(8-11)10-21-16-17-14-9-12(2)6-7-15(14)22(19,20)18-16/h3-9H,10H2,1-2H3,(H,17,18). The summed E-state index contributed by atoms with van der Waals surface area (Å²) in [5, 5.41) is 3.53. The third kappa shape index (κ3) is 3.18. The average molecular weight is 332 g/mol. The number of hydrogen-bond donors (Lipinski definition) is 1. The molecular weight excluding hydrogens is 316 g/mol. The topological polar surface area (TPSA) is 58.5 Å². The van der Waals surface area contributed by atoms with Crippen LogP contribution in [0.15, 0.2) is 51.8 Å². The van der Waals surface area contributed by atoms with Crippen molar-refractivity contribution < 1.29 is 8.42 Å². The van der Waals surface area contributed by atoms with Crippen molar-refractivity contribution in [2.24, 2.45) is 4.40 Å². The maximum atomic E-state index is 12.2. The van der Waals surface area contributed by atoms with Gasteiger partial charge in [0.25, 0.3) is 10.0 Å². The molecule has 4 nitrogen and oxygen atoms in total. The van der Waals surface area contributed by atoms with E-state index in [9.17, 15) is 8.42 Å². The molecule has 0 radical (unpaired) electrons. The van der Waals surface area contributed by atoms with Crippen LogP contribution in [-0.4, -0.2) is 13.6 Å². The Morgan fingerprint density at radius 3 is 2.64 bits per heavy atom. The van der Waals surface area contributed by atoms with Gasteiger partial charge in [-0.05, 0) is 37.1 Å². The highest BCUT2D eigenvalue weighted by molar-refractivity contribution is 8.14. The maximum absolute atomic E-state index is 12.2. The van der Waals surface area contributed by atoms with E-state index in [-0.39, 0.29) is 4.90 Å². The molecule has 0 spiro atoms. The highest BCUT2D eigenvalue weighted by Gasteiger charge is 2.24. The minimum absolute atomic E-state index is 0.234. The monoisotopic (exact) mass is 332 g/mol. The Bertz CT molecular complexity index is 858. The third-order valence-corrected chi connectivity index (χ3v) is 5.71. The summed E-state index contributed by atoms with van der Waals surface area (Å²) in [6.45, 7) is 3.97. The second kappa shape index (κ2) is 5.78. The Kier molecular flexibility index (Phi) is 3.97. The minimum Gasteiger partial charge on any atom is -0.333 e. The van der Waals surface area contributed by atoms with Crippen LogP contribution in [0.2, 0.25) is 0 Å². The fourth-order valence-corrected chi connectivity index (χ4v) is 4.44. The molecule has 3 rings (SSSR count). The van der Waals surface area contributed by atoms with Crippen molar-refractivity contribution in [2.75, 3.05) is 5.32 Å². The van der Waals surface area contributed by atoms with Crippen molar-refractivity contribution in [1.82, 2.24) is 0 Å². The van der Waals surface area contributed by atoms with E-state index >= 15 is 0 Å². The number of hydrogen-bond acceptors (Lipinski definition) is 4. The predicted molar refractivity (Wildman–Crippen MR) is 91.9 cm³/mol. The Hall–Kier alpha value is -1.79. The number of sulfonamides is 1. The fourth-order valence-electron chi connectivity index (χ4n) is 2.28. The number of aryl methyl sites for hydroxylation is 2. The average Bonchev–Trinajstić information content (AvgIpc) is 2.44. The van der Waals surface area contributed by atoms with E-state index in [2.05, 4.69) is 15.8 Å². The van der Waals surface area contributed by atoms with E-state index in [4.69, 9.17) is 0 Å². The number of nitrogens with one attached hydrogen (secondary N) is 1. The van der Waals surface area contributed by atoms with Crippen LogP contribution < -0.4 is 5.32 Å². The molecule has 0 unspecified atom stereocenters. The van der Waals surface area contributed by atoms with Gasteiger partial charge in [0.1, 0.15) is 4.90 Å². The van der Waals surface area contributed by atoms with Crippen molar-refractivity contribution in [3.8, 4) is 0 Å². The summed E-state index contributed by atoms with van der Waals surface area (Å²) >= 11 is 1.39. The summed E-state index contributed by atoms with van der Waals surface area (Å²) in [6, 6.07) is 13.3. The van der Waals surface area contributed by atoms with Crippen molar-refractivity contribution in [1.29, 1.82) is 0 Å². The molecular formula is C16H16N2O2S2. The van der Waals surface area contributed by atoms with E-state index in [1.54, 1.807) is 12.1 Å². The van der Waals surface area contributed by atoms with Gasteiger partial charge in [-0.15, -0.1) is 4.40 Å². The van der Waals surface area contributed by atoms with Crippen molar-refractivity contribution in [3.63, 3.8) is 0 Å². The molecule has 0 aromatic heterocycles. The number of fused-ring (bicyclic) bond motifs is 1. The first-order chi connectivity index (χ1) is 10.4. The molecule has 0 saturated carbocycles. The molecule has 114 valence electrons. The number of amidine groups is 1. The number of thioether (sulfide) groups is 1. The zero-order chi connectivity index (χ0) is 15.7. The fraction of sp³-hybridized carbons (Fsp3) is 0.188. The second-order valence-corrected chi connectivity index (χ2v) is 7.81. The van der Waals surface area contributed by atoms with Gasteiger partial charge in [-0.1, -0.05) is 47.7 Å². The Morgan fingerprint density at radius 2 is 1.86 bits per heavy atom. The molecule has 0 aliphatic carbocycles. The predicted octanol–water partition coefficient (Wildman–Crippen LogP) is 3.71. The van der Waals surface area contributed by atoms with Gasteiger partial charge < -0.3 is 5.32 Å². The van der Waals surface area contributed by atoms with Gasteiger partial charge in [-0.2, -0.15) is 8.42 Å². The summed E-state index contributed by atoms with van der Waals surface area (Å²) in [5.41, 5.74) is 3.93. The Morgan fingerprint density at radius 1 is 1.09 bits per heavy atom. The lowest BCUT2D eigenvalue weighted by molar-refractivity contribution is 0.598. The smallest absolute Gasteiger partial charge is 0.286 e. The number of rotatable bonds is 2. The van der Waals surface area contributed by atoms with Crippen LogP contribution in [0.25, 0.3) is 0 Å². The molecule has 1 heterocycles. The van der Waals surface area contributed by atoms with Crippen molar-refractivity contribution in [2.45, 2.75) is 24.5 Å². The van der Waals surface area contributed by atoms with Crippen LogP contribution in [0.1, 0.15) is 16.7 Å². The van der Waals surface area contributed by atoms with E-state index in [1.165, 1.54) is 17.3 Å². The summed E-state index contributed by atoms with van der Waals surface area (Å²) < 4.78 is 28.3. The van der Waals surface area contributed by atoms with E-state index < -0.39 is 10.0 Å². The van der Waals surface area contributed by atoms with Gasteiger partial charge in [0.15, 0.2) is 5.17 Å². The highest BCUT2D eigenvalue weighted by atomic mass is 32.2. The van der Waals surface area contributed by atoms with Crippen LogP contribution in [-0.2, 0) is 15.8 Å². The number of anilines is 1. The first kappa shape index (κ1) is 15.1. The van der Waals surface area contributed by atoms with Crippen LogP contribution >= 0.6 is 11.8 Å². The SMILES string of the molecule is Cc1cccc(CSC2=NS(=O)(=O)c3ccc(C)cc3N2)c1. The summed E-state index contributed by atoms with van der Waals surface area (Å²) in [7, 11) is -3.62. The second-order valence-electron chi connectivity index (χ2n) is 5.27. The van der Waals surface area contributed by atoms with E-state index in [0.29, 0.717) is 16.6 Å². The first-order valence-corrected chi connectivity index (χ1v) is 9.28. The van der Waals surface area contributed by atoms with Crippen molar-refractivity contribution in [3.05, 3.63) is 59.2 Å². The molecule has 0 bridgehead atoms. The first-order valence-electron chi connectivity index (χ1n) is 6.85. The zero-order valence-electron chi connectivity index (χ0n) is 12.3. The van der Waals surface area contributed by atoms with E-state index in [1.807, 2.05) is 38.1 Å². The lowest BCUT2D eigenvalue weighted by Gasteiger charge is -2.18. The van der Waals surface area contributed by atoms with Gasteiger partial charge in [0, 0.05) is 5.75 Å². The Balaban J connectivity index is 1.83. The summed E-state index contributed by atoms with van der Waals surface area (Å²) in [4.78, 5) is 0.234. The Labute approximate surface area is 134 Å². The molecule has 2 aromatic rings. The van der Waals surface area contributed by atoms with Crippen LogP contribution in [0.3, 0.4) is 0 Å². The molecule has 0 amide bonds. The third-order valence-electron chi connectivity index (χ3n) is 3.32. The molecule has 1 aliphatic heterocycles. The summed E-state index contributed by atoms with van der Waals surface area (Å²) in [5.74, 6) is 0.671. The number of nitrogens with zero attached hydrogens (tertiary/aromatic N) is 1. The van der Waals surface area contributed by atoms with Gasteiger partial charge in [-0.25, -0.2) is 0 Å². The molecule has 6 heteroatoms. The van der Waals surface area contributed by atoms with Gasteiger partial charge in [-0.3, -0.25) is 0 Å². The van der Waals surface area contributed by atoms with Gasteiger partial charge in [0.05, 0.1) is 5.69 Å². The molecule has 1 aliphatic rings.